The number of cyclic esters (lactones) is 1. The van der Waals surface area contributed by atoms with Gasteiger partial charge in [-0.2, -0.15) is 0 Å². The summed E-state index contributed by atoms with van der Waals surface area (Å²) in [6.45, 7) is 13.7. The minimum absolute atomic E-state index is 0.00565. The number of nitrogens with zero attached hydrogens (tertiary/aromatic N) is 1. The summed E-state index contributed by atoms with van der Waals surface area (Å²) in [4.78, 5) is 45.1. The fraction of sp³-hybridized carbons (Fsp3) is 0.588. The summed E-state index contributed by atoms with van der Waals surface area (Å²) < 4.78 is 25.3. The number of ether oxygens (including phenoxy) is 4. The lowest BCUT2D eigenvalue weighted by molar-refractivity contribution is -0.169. The van der Waals surface area contributed by atoms with Gasteiger partial charge >= 0.3 is 12.1 Å². The number of carbonyl (C=O) groups is 3. The highest BCUT2D eigenvalue weighted by Crippen LogP contribution is 2.55. The Bertz CT molecular complexity index is 1500. The van der Waals surface area contributed by atoms with Crippen LogP contribution in [0.3, 0.4) is 0 Å². The molecule has 1 aromatic carbocycles. The first-order valence-corrected chi connectivity index (χ1v) is 15.5. The number of rotatable bonds is 2. The minimum atomic E-state index is -1.22. The summed E-state index contributed by atoms with van der Waals surface area (Å²) in [5.74, 6) is -1.69. The third kappa shape index (κ3) is 4.71. The van der Waals surface area contributed by atoms with E-state index in [1.54, 1.807) is 13.8 Å². The van der Waals surface area contributed by atoms with Crippen molar-refractivity contribution in [3.05, 3.63) is 53.4 Å². The molecule has 1 amide bonds. The van der Waals surface area contributed by atoms with Gasteiger partial charge in [-0.15, -0.1) is 0 Å². The monoisotopic (exact) mass is 590 g/mol. The van der Waals surface area contributed by atoms with E-state index in [0.29, 0.717) is 25.2 Å². The van der Waals surface area contributed by atoms with E-state index in [4.69, 9.17) is 23.9 Å². The molecule has 230 valence electrons. The first kappa shape index (κ1) is 29.6. The van der Waals surface area contributed by atoms with Crippen molar-refractivity contribution in [3.63, 3.8) is 0 Å². The van der Waals surface area contributed by atoms with Gasteiger partial charge in [0.25, 0.3) is 0 Å². The standard InChI is InChI=1S/C34H42N2O7/c1-8-25-34(7)30(36-32(39)43-34)19(4)27(37)17(2)14-33(6)26-18(3)28(20(5)31(38)41-25)42-29(23(26)16-40-33)22-13-21-11-9-10-12-24(21)35-15-22/h9-13,15,17,19-20,23,25-26,29-30H,8,14,16H2,1-7H3,(H,36,39)/t17-,19+,20-,23-,25+,26+,29+,30-,33-,34-/m1/s1. The van der Waals surface area contributed by atoms with Gasteiger partial charge in [0.05, 0.1) is 23.8 Å². The van der Waals surface area contributed by atoms with Gasteiger partial charge in [-0.25, -0.2) is 4.79 Å². The minimum Gasteiger partial charge on any atom is -0.489 e. The number of alkyl carbamates (subject to hydrolysis) is 1. The molecule has 0 unspecified atom stereocenters. The largest absolute Gasteiger partial charge is 0.489 e. The second kappa shape index (κ2) is 10.6. The Morgan fingerprint density at radius 3 is 2.56 bits per heavy atom. The van der Waals surface area contributed by atoms with Crippen LogP contribution in [0, 0.1) is 29.6 Å². The van der Waals surface area contributed by atoms with E-state index in [1.807, 2.05) is 58.2 Å². The van der Waals surface area contributed by atoms with Crippen molar-refractivity contribution in [1.82, 2.24) is 10.3 Å². The van der Waals surface area contributed by atoms with Crippen molar-refractivity contribution in [2.45, 2.75) is 90.8 Å². The van der Waals surface area contributed by atoms with Crippen LogP contribution in [0.4, 0.5) is 4.79 Å². The number of hydrogen-bond acceptors (Lipinski definition) is 8. The molecule has 0 radical (unpaired) electrons. The molecule has 5 heterocycles. The van der Waals surface area contributed by atoms with Gasteiger partial charge in [-0.05, 0) is 58.2 Å². The number of nitrogens with one attached hydrogen (secondary N) is 1. The molecule has 0 spiro atoms. The van der Waals surface area contributed by atoms with E-state index in [-0.39, 0.29) is 23.5 Å². The Hall–Kier alpha value is -3.46. The number of benzene rings is 1. The number of carbonyl (C=O) groups excluding carboxylic acids is 3. The molecule has 1 aromatic heterocycles. The van der Waals surface area contributed by atoms with Crippen molar-refractivity contribution >= 4 is 28.7 Å². The third-order valence-corrected chi connectivity index (χ3v) is 10.5. The molecule has 1 N–H and O–H groups in total. The van der Waals surface area contributed by atoms with Crippen LogP contribution in [-0.4, -0.2) is 52.8 Å². The molecule has 43 heavy (non-hydrogen) atoms. The number of esters is 1. The number of para-hydroxylation sites is 1. The highest BCUT2D eigenvalue weighted by atomic mass is 16.6. The molecule has 0 aliphatic carbocycles. The summed E-state index contributed by atoms with van der Waals surface area (Å²) in [6.07, 6.45) is 0.946. The molecule has 4 aliphatic rings. The normalized spacial score (nSPS) is 39.8. The topological polar surface area (TPSA) is 113 Å². The number of amides is 1. The van der Waals surface area contributed by atoms with Gasteiger partial charge in [0, 0.05) is 40.8 Å². The number of pyridine rings is 1. The summed E-state index contributed by atoms with van der Waals surface area (Å²) in [6, 6.07) is 9.39. The quantitative estimate of drug-likeness (QED) is 0.445. The van der Waals surface area contributed by atoms with Crippen LogP contribution in [-0.2, 0) is 28.5 Å². The first-order chi connectivity index (χ1) is 20.4. The van der Waals surface area contributed by atoms with Crippen LogP contribution in [0.25, 0.3) is 10.9 Å². The van der Waals surface area contributed by atoms with Gasteiger partial charge in [-0.3, -0.25) is 14.6 Å². The predicted molar refractivity (Wildman–Crippen MR) is 159 cm³/mol. The van der Waals surface area contributed by atoms with E-state index in [2.05, 4.69) is 18.3 Å². The Balaban J connectivity index is 1.46. The average Bonchev–Trinajstić information content (AvgIpc) is 3.50. The highest BCUT2D eigenvalue weighted by Gasteiger charge is 2.59. The van der Waals surface area contributed by atoms with Crippen molar-refractivity contribution < 1.29 is 33.3 Å². The van der Waals surface area contributed by atoms with Crippen LogP contribution in [0.5, 0.6) is 0 Å². The molecule has 4 aliphatic heterocycles. The number of aromatic nitrogens is 1. The van der Waals surface area contributed by atoms with E-state index in [1.165, 1.54) is 0 Å². The van der Waals surface area contributed by atoms with E-state index in [0.717, 1.165) is 22.0 Å². The number of ketones is 1. The molecule has 9 nitrogen and oxygen atoms in total. The molecule has 9 heteroatoms. The van der Waals surface area contributed by atoms with Gasteiger partial charge < -0.3 is 24.3 Å². The Morgan fingerprint density at radius 2 is 1.81 bits per heavy atom. The Kier molecular flexibility index (Phi) is 7.31. The number of Topliss-reactive ketones (excluding diaryl/α,β-unsaturated/α-hetero) is 1. The molecule has 0 saturated carbocycles. The summed E-state index contributed by atoms with van der Waals surface area (Å²) in [7, 11) is 0. The fourth-order valence-corrected chi connectivity index (χ4v) is 8.35. The first-order valence-electron chi connectivity index (χ1n) is 15.5. The molecule has 10 atom stereocenters. The average molecular weight is 591 g/mol. The van der Waals surface area contributed by atoms with Crippen molar-refractivity contribution in [3.8, 4) is 0 Å². The maximum absolute atomic E-state index is 14.0. The maximum atomic E-state index is 14.0. The molecule has 2 saturated heterocycles. The smallest absolute Gasteiger partial charge is 0.408 e. The fourth-order valence-electron chi connectivity index (χ4n) is 8.35. The van der Waals surface area contributed by atoms with E-state index >= 15 is 0 Å². The lowest BCUT2D eigenvalue weighted by Crippen LogP contribution is -2.57. The molecular weight excluding hydrogens is 548 g/mol. The van der Waals surface area contributed by atoms with Crippen LogP contribution in [0.15, 0.2) is 47.9 Å². The van der Waals surface area contributed by atoms with Crippen molar-refractivity contribution in [2.24, 2.45) is 29.6 Å². The van der Waals surface area contributed by atoms with Gasteiger partial charge in [0.1, 0.15) is 29.7 Å². The second-order valence-corrected chi connectivity index (χ2v) is 13.4. The van der Waals surface area contributed by atoms with Gasteiger partial charge in [0.2, 0.25) is 0 Å². The summed E-state index contributed by atoms with van der Waals surface area (Å²) in [5, 5.41) is 3.85. The number of hydrogen-bond donors (Lipinski definition) is 1. The lowest BCUT2D eigenvalue weighted by Gasteiger charge is -2.44. The Morgan fingerprint density at radius 1 is 1.07 bits per heavy atom. The molecule has 2 bridgehead atoms. The molecule has 2 fully saturated rings. The van der Waals surface area contributed by atoms with E-state index < -0.39 is 53.4 Å². The Labute approximate surface area is 252 Å². The lowest BCUT2D eigenvalue weighted by atomic mass is 9.68. The van der Waals surface area contributed by atoms with Crippen molar-refractivity contribution in [2.75, 3.05) is 6.61 Å². The third-order valence-electron chi connectivity index (χ3n) is 10.5. The van der Waals surface area contributed by atoms with Crippen molar-refractivity contribution in [1.29, 1.82) is 0 Å². The SMILES string of the molecule is CC[C@@H]1OC(=O)[C@H](C)C2=C(C)[C@H]3[C@@H](CO[C@]3(C)C[C@@H](C)C(=O)[C@H](C)[C@H]3NC(=O)O[C@]13C)[C@H](c1cnc3ccccc3c1)O2. The van der Waals surface area contributed by atoms with Gasteiger partial charge in [0.15, 0.2) is 5.60 Å². The highest BCUT2D eigenvalue weighted by molar-refractivity contribution is 5.85. The van der Waals surface area contributed by atoms with Crippen LogP contribution < -0.4 is 5.32 Å². The van der Waals surface area contributed by atoms with E-state index in [9.17, 15) is 14.4 Å². The maximum Gasteiger partial charge on any atom is 0.408 e. The molecule has 6 rings (SSSR count). The van der Waals surface area contributed by atoms with Gasteiger partial charge in [-0.1, -0.05) is 39.0 Å². The molecular formula is C34H42N2O7. The van der Waals surface area contributed by atoms with Crippen LogP contribution in [0.2, 0.25) is 0 Å². The summed E-state index contributed by atoms with van der Waals surface area (Å²) in [5.41, 5.74) is 0.842. The zero-order valence-corrected chi connectivity index (χ0v) is 26.0. The second-order valence-electron chi connectivity index (χ2n) is 13.4. The predicted octanol–water partition coefficient (Wildman–Crippen LogP) is 5.67. The number of fused-ring (bicyclic) bond motifs is 2. The summed E-state index contributed by atoms with van der Waals surface area (Å²) >= 11 is 0. The zero-order valence-electron chi connectivity index (χ0n) is 26.0. The molecule has 2 aromatic rings. The van der Waals surface area contributed by atoms with Crippen LogP contribution in [0.1, 0.15) is 73.0 Å². The zero-order chi connectivity index (χ0) is 30.8. The van der Waals surface area contributed by atoms with Crippen LogP contribution >= 0.6 is 0 Å².